The highest BCUT2D eigenvalue weighted by Gasteiger charge is 2.37. The monoisotopic (exact) mass is 304 g/mol. The number of ether oxygens (including phenoxy) is 2. The smallest absolute Gasteiger partial charge is 0.252 e. The molecule has 2 aliphatic heterocycles. The second-order valence-electron chi connectivity index (χ2n) is 6.02. The zero-order valence-electron chi connectivity index (χ0n) is 13.0. The van der Waals surface area contributed by atoms with E-state index in [4.69, 9.17) is 15.2 Å². The average Bonchev–Trinajstić information content (AvgIpc) is 3.23. The third-order valence-electron chi connectivity index (χ3n) is 4.68. The number of benzene rings is 1. The number of likely N-dealkylation sites (tertiary alicyclic amines) is 1. The summed E-state index contributed by atoms with van der Waals surface area (Å²) in [7, 11) is 1.66. The van der Waals surface area contributed by atoms with Crippen molar-refractivity contribution >= 4 is 5.91 Å². The summed E-state index contributed by atoms with van der Waals surface area (Å²) in [4.78, 5) is 14.7. The minimum Gasteiger partial charge on any atom is -0.497 e. The Morgan fingerprint density at radius 1 is 1.32 bits per heavy atom. The maximum atomic E-state index is 12.8. The fraction of sp³-hybridized carbons (Fsp3) is 0.588. The number of hydrogen-bond acceptors (Lipinski definition) is 4. The van der Waals surface area contributed by atoms with E-state index in [1.165, 1.54) is 5.56 Å². The Hall–Kier alpha value is -1.59. The number of rotatable bonds is 4. The zero-order valence-corrected chi connectivity index (χ0v) is 13.0. The third-order valence-corrected chi connectivity index (χ3v) is 4.68. The number of hydrogen-bond donors (Lipinski definition) is 1. The molecule has 0 saturated carbocycles. The van der Waals surface area contributed by atoms with Crippen LogP contribution in [0.25, 0.3) is 0 Å². The van der Waals surface area contributed by atoms with Crippen molar-refractivity contribution in [3.8, 4) is 5.75 Å². The van der Waals surface area contributed by atoms with Crippen molar-refractivity contribution in [2.24, 2.45) is 5.73 Å². The van der Waals surface area contributed by atoms with E-state index in [0.29, 0.717) is 6.54 Å². The molecule has 0 bridgehead atoms. The lowest BCUT2D eigenvalue weighted by molar-refractivity contribution is -0.143. The molecule has 1 unspecified atom stereocenters. The molecule has 0 aromatic heterocycles. The number of amides is 1. The number of methoxy groups -OCH3 is 1. The molecule has 0 spiro atoms. The van der Waals surface area contributed by atoms with Crippen LogP contribution in [0.5, 0.6) is 5.75 Å². The molecule has 0 aliphatic carbocycles. The van der Waals surface area contributed by atoms with Gasteiger partial charge in [0, 0.05) is 13.1 Å². The maximum absolute atomic E-state index is 12.8. The maximum Gasteiger partial charge on any atom is 0.252 e. The zero-order chi connectivity index (χ0) is 15.5. The lowest BCUT2D eigenvalue weighted by Gasteiger charge is -2.27. The molecule has 1 aromatic rings. The summed E-state index contributed by atoms with van der Waals surface area (Å²) in [6.07, 6.45) is 3.43. The van der Waals surface area contributed by atoms with Gasteiger partial charge in [-0.15, -0.1) is 0 Å². The fourth-order valence-electron chi connectivity index (χ4n) is 3.45. The third kappa shape index (κ3) is 2.96. The van der Waals surface area contributed by atoms with Crippen LogP contribution in [0.1, 0.15) is 37.3 Å². The van der Waals surface area contributed by atoms with Crippen LogP contribution in [0.2, 0.25) is 0 Å². The number of carbonyl (C=O) groups is 1. The molecule has 3 rings (SSSR count). The SMILES string of the molecule is COc1ccc(C2CCCN2C(=O)[C@@H]2CC[C@H](CN)O2)cc1. The number of nitrogens with zero attached hydrogens (tertiary/aromatic N) is 1. The van der Waals surface area contributed by atoms with Crippen LogP contribution in [0.4, 0.5) is 0 Å². The van der Waals surface area contributed by atoms with Gasteiger partial charge >= 0.3 is 0 Å². The Morgan fingerprint density at radius 3 is 2.73 bits per heavy atom. The van der Waals surface area contributed by atoms with Crippen molar-refractivity contribution in [1.82, 2.24) is 4.90 Å². The van der Waals surface area contributed by atoms with Gasteiger partial charge in [0.2, 0.25) is 0 Å². The van der Waals surface area contributed by atoms with Gasteiger partial charge in [-0.1, -0.05) is 12.1 Å². The van der Waals surface area contributed by atoms with E-state index in [2.05, 4.69) is 0 Å². The first-order valence-electron chi connectivity index (χ1n) is 8.03. The van der Waals surface area contributed by atoms with Crippen molar-refractivity contribution in [3.63, 3.8) is 0 Å². The molecule has 5 heteroatoms. The van der Waals surface area contributed by atoms with Crippen molar-refractivity contribution < 1.29 is 14.3 Å². The van der Waals surface area contributed by atoms with Crippen LogP contribution in [0.3, 0.4) is 0 Å². The summed E-state index contributed by atoms with van der Waals surface area (Å²) in [5, 5.41) is 0. The average molecular weight is 304 g/mol. The van der Waals surface area contributed by atoms with Crippen molar-refractivity contribution in [2.45, 2.75) is 43.9 Å². The molecule has 2 heterocycles. The van der Waals surface area contributed by atoms with Crippen molar-refractivity contribution in [2.75, 3.05) is 20.2 Å². The second kappa shape index (κ2) is 6.67. The summed E-state index contributed by atoms with van der Waals surface area (Å²) < 4.78 is 11.0. The number of carbonyl (C=O) groups excluding carboxylic acids is 1. The van der Waals surface area contributed by atoms with Gasteiger partial charge in [0.25, 0.3) is 5.91 Å². The van der Waals surface area contributed by atoms with Crippen LogP contribution < -0.4 is 10.5 Å². The van der Waals surface area contributed by atoms with Gasteiger partial charge in [0.1, 0.15) is 11.9 Å². The molecule has 5 nitrogen and oxygen atoms in total. The molecule has 2 saturated heterocycles. The minimum absolute atomic E-state index is 0.0380. The van der Waals surface area contributed by atoms with Gasteiger partial charge in [-0.2, -0.15) is 0 Å². The van der Waals surface area contributed by atoms with Gasteiger partial charge in [-0.05, 0) is 43.4 Å². The first-order chi connectivity index (χ1) is 10.7. The molecule has 1 amide bonds. The Labute approximate surface area is 131 Å². The highest BCUT2D eigenvalue weighted by molar-refractivity contribution is 5.82. The normalized spacial score (nSPS) is 28.1. The molecule has 2 N–H and O–H groups in total. The quantitative estimate of drug-likeness (QED) is 0.922. The van der Waals surface area contributed by atoms with Gasteiger partial charge in [0.05, 0.1) is 19.3 Å². The van der Waals surface area contributed by atoms with Crippen molar-refractivity contribution in [3.05, 3.63) is 29.8 Å². The largest absolute Gasteiger partial charge is 0.497 e. The molecule has 1 aromatic carbocycles. The Kier molecular flexibility index (Phi) is 4.64. The number of nitrogens with two attached hydrogens (primary N) is 1. The van der Waals surface area contributed by atoms with Crippen LogP contribution in [0.15, 0.2) is 24.3 Å². The standard InChI is InChI=1S/C17H24N2O3/c1-21-13-6-4-12(5-7-13)15-3-2-10-19(15)17(20)16-9-8-14(11-18)22-16/h4-7,14-16H,2-3,8-11,18H2,1H3/t14-,15?,16+/m1/s1. The van der Waals surface area contributed by atoms with E-state index in [1.54, 1.807) is 7.11 Å². The Morgan fingerprint density at radius 2 is 2.09 bits per heavy atom. The topological polar surface area (TPSA) is 64.8 Å². The Bertz CT molecular complexity index is 517. The molecular weight excluding hydrogens is 280 g/mol. The van der Waals surface area contributed by atoms with Crippen LogP contribution in [0, 0.1) is 0 Å². The Balaban J connectivity index is 1.71. The highest BCUT2D eigenvalue weighted by Crippen LogP contribution is 2.34. The molecule has 3 atom stereocenters. The molecular formula is C17H24N2O3. The van der Waals surface area contributed by atoms with Gasteiger partial charge in [0.15, 0.2) is 0 Å². The summed E-state index contributed by atoms with van der Waals surface area (Å²) in [5.74, 6) is 0.957. The van der Waals surface area contributed by atoms with E-state index >= 15 is 0 Å². The molecule has 22 heavy (non-hydrogen) atoms. The first-order valence-corrected chi connectivity index (χ1v) is 8.03. The van der Waals surface area contributed by atoms with E-state index in [0.717, 1.165) is 38.0 Å². The molecule has 2 fully saturated rings. The van der Waals surface area contributed by atoms with E-state index in [9.17, 15) is 4.79 Å². The lowest BCUT2D eigenvalue weighted by atomic mass is 10.0. The van der Waals surface area contributed by atoms with E-state index in [1.807, 2.05) is 29.2 Å². The van der Waals surface area contributed by atoms with Crippen LogP contribution in [-0.2, 0) is 9.53 Å². The molecule has 120 valence electrons. The highest BCUT2D eigenvalue weighted by atomic mass is 16.5. The van der Waals surface area contributed by atoms with E-state index < -0.39 is 0 Å². The summed E-state index contributed by atoms with van der Waals surface area (Å²) in [6.45, 7) is 1.30. The predicted molar refractivity (Wildman–Crippen MR) is 83.6 cm³/mol. The van der Waals surface area contributed by atoms with E-state index in [-0.39, 0.29) is 24.2 Å². The molecule has 2 aliphatic rings. The predicted octanol–water partition coefficient (Wildman–Crippen LogP) is 1.86. The fourth-order valence-corrected chi connectivity index (χ4v) is 3.45. The van der Waals surface area contributed by atoms with Crippen LogP contribution in [-0.4, -0.2) is 43.2 Å². The van der Waals surface area contributed by atoms with Crippen LogP contribution >= 0.6 is 0 Å². The summed E-state index contributed by atoms with van der Waals surface area (Å²) in [5.41, 5.74) is 6.80. The van der Waals surface area contributed by atoms with Gasteiger partial charge in [-0.25, -0.2) is 0 Å². The first kappa shape index (κ1) is 15.3. The minimum atomic E-state index is -0.313. The van der Waals surface area contributed by atoms with Gasteiger partial charge < -0.3 is 20.1 Å². The molecule has 0 radical (unpaired) electrons. The summed E-state index contributed by atoms with van der Waals surface area (Å²) >= 11 is 0. The van der Waals surface area contributed by atoms with Gasteiger partial charge in [-0.3, -0.25) is 4.79 Å². The lowest BCUT2D eigenvalue weighted by Crippen LogP contribution is -2.39. The summed E-state index contributed by atoms with van der Waals surface area (Å²) in [6, 6.07) is 8.15. The second-order valence-corrected chi connectivity index (χ2v) is 6.02. The van der Waals surface area contributed by atoms with Crippen molar-refractivity contribution in [1.29, 1.82) is 0 Å².